The van der Waals surface area contributed by atoms with Gasteiger partial charge in [-0.25, -0.2) is 13.2 Å². The van der Waals surface area contributed by atoms with E-state index in [1.165, 1.54) is 4.31 Å². The Bertz CT molecular complexity index is 1320. The first-order valence-corrected chi connectivity index (χ1v) is 13.5. The van der Waals surface area contributed by atoms with Crippen molar-refractivity contribution in [3.05, 3.63) is 56.9 Å². The molecule has 0 radical (unpaired) electrons. The van der Waals surface area contributed by atoms with E-state index in [1.54, 1.807) is 12.3 Å². The van der Waals surface area contributed by atoms with Crippen molar-refractivity contribution in [1.82, 2.24) is 18.8 Å². The lowest BCUT2D eigenvalue weighted by atomic mass is 10.0. The van der Waals surface area contributed by atoms with E-state index in [0.717, 1.165) is 67.7 Å². The Labute approximate surface area is 196 Å². The van der Waals surface area contributed by atoms with E-state index in [2.05, 4.69) is 9.88 Å². The van der Waals surface area contributed by atoms with E-state index in [-0.39, 0.29) is 11.7 Å². The van der Waals surface area contributed by atoms with Gasteiger partial charge in [-0.2, -0.15) is 0 Å². The van der Waals surface area contributed by atoms with Crippen molar-refractivity contribution in [2.75, 3.05) is 26.2 Å². The average molecular weight is 493 g/mol. The summed E-state index contributed by atoms with van der Waals surface area (Å²) in [5.41, 5.74) is 2.50. The molecule has 1 fully saturated rings. The van der Waals surface area contributed by atoms with Gasteiger partial charge in [0, 0.05) is 37.4 Å². The number of nitrogens with one attached hydrogen (secondary N) is 1. The summed E-state index contributed by atoms with van der Waals surface area (Å²) in [4.78, 5) is 17.8. The molecule has 1 aromatic carbocycles. The van der Waals surface area contributed by atoms with Crippen LogP contribution in [-0.2, 0) is 10.0 Å². The van der Waals surface area contributed by atoms with Crippen LogP contribution in [0, 0.1) is 0 Å². The minimum absolute atomic E-state index is 0.0318. The molecule has 5 rings (SSSR count). The largest absolute Gasteiger partial charge is 0.326 e. The Balaban J connectivity index is 1.11. The summed E-state index contributed by atoms with van der Waals surface area (Å²) in [6.07, 6.45) is 7.05. The van der Waals surface area contributed by atoms with E-state index in [0.29, 0.717) is 20.7 Å². The number of sulfonamides is 1. The van der Waals surface area contributed by atoms with Crippen molar-refractivity contribution in [3.8, 4) is 0 Å². The van der Waals surface area contributed by atoms with Gasteiger partial charge in [-0.05, 0) is 56.5 Å². The Kier molecular flexibility index (Phi) is 5.92. The fourth-order valence-electron chi connectivity index (χ4n) is 4.66. The predicted octanol–water partition coefficient (Wildman–Crippen LogP) is 4.14. The minimum atomic E-state index is -3.49. The third kappa shape index (κ3) is 4.03. The number of H-pyrrole nitrogens is 1. The van der Waals surface area contributed by atoms with Crippen LogP contribution in [0.5, 0.6) is 0 Å². The van der Waals surface area contributed by atoms with Gasteiger partial charge in [0.2, 0.25) is 0 Å². The number of para-hydroxylation sites is 2. The van der Waals surface area contributed by atoms with E-state index in [4.69, 9.17) is 11.6 Å². The third-order valence-corrected chi connectivity index (χ3v) is 9.89. The zero-order chi connectivity index (χ0) is 22.3. The molecular weight excluding hydrogens is 468 g/mol. The number of thiophene rings is 1. The second kappa shape index (κ2) is 8.70. The highest BCUT2D eigenvalue weighted by molar-refractivity contribution is 7.91. The van der Waals surface area contributed by atoms with Gasteiger partial charge in [-0.3, -0.25) is 8.87 Å². The second-order valence-corrected chi connectivity index (χ2v) is 12.1. The van der Waals surface area contributed by atoms with E-state index < -0.39 is 10.0 Å². The fraction of sp³-hybridized carbons (Fsp3) is 0.409. The van der Waals surface area contributed by atoms with Gasteiger partial charge in [-0.1, -0.05) is 23.7 Å². The number of nitrogens with zero attached hydrogens (tertiary/aromatic N) is 3. The van der Waals surface area contributed by atoms with Crippen LogP contribution in [0.4, 0.5) is 0 Å². The number of imidazole rings is 1. The van der Waals surface area contributed by atoms with Crippen molar-refractivity contribution in [3.63, 3.8) is 0 Å². The number of hydrogen-bond donors (Lipinski definition) is 1. The van der Waals surface area contributed by atoms with Crippen LogP contribution in [0.15, 0.2) is 45.5 Å². The lowest BCUT2D eigenvalue weighted by Gasteiger charge is -2.32. The number of hydrogen-bond acceptors (Lipinski definition) is 5. The lowest BCUT2D eigenvalue weighted by molar-refractivity contribution is 0.183. The molecule has 32 heavy (non-hydrogen) atoms. The molecule has 2 aliphatic heterocycles. The zero-order valence-electron chi connectivity index (χ0n) is 17.5. The molecule has 1 saturated heterocycles. The van der Waals surface area contributed by atoms with Crippen molar-refractivity contribution >= 4 is 50.1 Å². The van der Waals surface area contributed by atoms with Crippen LogP contribution in [0.25, 0.3) is 17.1 Å². The number of fused-ring (bicyclic) bond motifs is 2. The SMILES string of the molecule is O=c1[nH]c2ccccc2n1C1CCN(CCCCN2C=Cc3cc(Cl)sc3S2(=O)=O)CC1. The summed E-state index contributed by atoms with van der Waals surface area (Å²) in [7, 11) is -3.49. The van der Waals surface area contributed by atoms with Crippen LogP contribution >= 0.6 is 22.9 Å². The Morgan fingerprint density at radius 2 is 1.88 bits per heavy atom. The molecule has 0 unspecified atom stereocenters. The molecule has 0 atom stereocenters. The number of piperidine rings is 1. The molecule has 2 aliphatic rings. The number of aromatic amines is 1. The highest BCUT2D eigenvalue weighted by atomic mass is 35.5. The first kappa shape index (κ1) is 21.8. The first-order valence-electron chi connectivity index (χ1n) is 10.8. The molecule has 3 aromatic rings. The maximum absolute atomic E-state index is 12.8. The van der Waals surface area contributed by atoms with Crippen molar-refractivity contribution in [1.29, 1.82) is 0 Å². The molecule has 4 heterocycles. The molecule has 0 spiro atoms. The molecule has 0 bridgehead atoms. The minimum Gasteiger partial charge on any atom is -0.306 e. The number of likely N-dealkylation sites (tertiary alicyclic amines) is 1. The number of unbranched alkanes of at least 4 members (excludes halogenated alkanes) is 1. The standard InChI is InChI=1S/C22H25ClN4O3S2/c23-20-15-16-7-14-26(32(29,30)21(16)31-20)11-4-3-10-25-12-8-17(9-13-25)27-19-6-2-1-5-18(19)24-22(27)28/h1-2,5-7,14-15,17H,3-4,8-13H2,(H,24,28). The summed E-state index contributed by atoms with van der Waals surface area (Å²) < 4.78 is 29.7. The number of halogens is 1. The van der Waals surface area contributed by atoms with E-state index in [9.17, 15) is 13.2 Å². The predicted molar refractivity (Wildman–Crippen MR) is 129 cm³/mol. The molecule has 10 heteroatoms. The second-order valence-electron chi connectivity index (χ2n) is 8.32. The van der Waals surface area contributed by atoms with E-state index >= 15 is 0 Å². The summed E-state index contributed by atoms with van der Waals surface area (Å²) in [5, 5.41) is 0. The molecule has 170 valence electrons. The summed E-state index contributed by atoms with van der Waals surface area (Å²) in [5.74, 6) is 0. The van der Waals surface area contributed by atoms with Gasteiger partial charge >= 0.3 is 5.69 Å². The van der Waals surface area contributed by atoms with Gasteiger partial charge in [0.05, 0.1) is 15.4 Å². The van der Waals surface area contributed by atoms with E-state index in [1.807, 2.05) is 34.9 Å². The number of rotatable bonds is 6. The van der Waals surface area contributed by atoms with Crippen LogP contribution in [0.1, 0.15) is 37.3 Å². The molecule has 0 amide bonds. The van der Waals surface area contributed by atoms with Gasteiger partial charge in [0.1, 0.15) is 4.21 Å². The zero-order valence-corrected chi connectivity index (χ0v) is 19.9. The van der Waals surface area contributed by atoms with Crippen LogP contribution in [-0.4, -0.2) is 53.4 Å². The van der Waals surface area contributed by atoms with Crippen LogP contribution < -0.4 is 5.69 Å². The molecule has 7 nitrogen and oxygen atoms in total. The topological polar surface area (TPSA) is 78.4 Å². The maximum Gasteiger partial charge on any atom is 0.326 e. The summed E-state index contributed by atoms with van der Waals surface area (Å²) in [6, 6.07) is 9.74. The highest BCUT2D eigenvalue weighted by Gasteiger charge is 2.29. The van der Waals surface area contributed by atoms with Gasteiger partial charge in [-0.15, -0.1) is 11.3 Å². The Hall–Kier alpha value is -2.07. The monoisotopic (exact) mass is 492 g/mol. The fourth-order valence-corrected chi connectivity index (χ4v) is 7.96. The normalized spacial score (nSPS) is 19.0. The van der Waals surface area contributed by atoms with Crippen molar-refractivity contribution in [2.24, 2.45) is 0 Å². The number of benzene rings is 1. The van der Waals surface area contributed by atoms with Crippen molar-refractivity contribution < 1.29 is 8.42 Å². The van der Waals surface area contributed by atoms with Gasteiger partial charge < -0.3 is 9.88 Å². The average Bonchev–Trinajstić information content (AvgIpc) is 3.32. The van der Waals surface area contributed by atoms with Gasteiger partial charge in [0.25, 0.3) is 10.0 Å². The Morgan fingerprint density at radius 1 is 1.12 bits per heavy atom. The Morgan fingerprint density at radius 3 is 2.69 bits per heavy atom. The van der Waals surface area contributed by atoms with Crippen LogP contribution in [0.3, 0.4) is 0 Å². The quantitative estimate of drug-likeness (QED) is 0.524. The van der Waals surface area contributed by atoms with Crippen LogP contribution in [0.2, 0.25) is 4.34 Å². The van der Waals surface area contributed by atoms with Gasteiger partial charge in [0.15, 0.2) is 0 Å². The smallest absolute Gasteiger partial charge is 0.306 e. The third-order valence-electron chi connectivity index (χ3n) is 6.31. The molecule has 2 aromatic heterocycles. The maximum atomic E-state index is 12.8. The summed E-state index contributed by atoms with van der Waals surface area (Å²) >= 11 is 7.11. The number of aromatic nitrogens is 2. The highest BCUT2D eigenvalue weighted by Crippen LogP contribution is 2.36. The van der Waals surface area contributed by atoms with Crippen molar-refractivity contribution in [2.45, 2.75) is 35.9 Å². The molecule has 0 aliphatic carbocycles. The first-order chi connectivity index (χ1) is 15.4. The molecular formula is C22H25ClN4O3S2. The lowest BCUT2D eigenvalue weighted by Crippen LogP contribution is -2.37. The molecule has 1 N–H and O–H groups in total. The molecule has 0 saturated carbocycles. The summed E-state index contributed by atoms with van der Waals surface area (Å²) in [6.45, 7) is 3.28.